The molecule has 0 amide bonds. The molecule has 10 nitrogen and oxygen atoms in total. The molecule has 3 unspecified atom stereocenters. The van der Waals surface area contributed by atoms with Gasteiger partial charge in [-0.25, -0.2) is 4.57 Å². The summed E-state index contributed by atoms with van der Waals surface area (Å²) in [4.78, 5) is 33.0. The highest BCUT2D eigenvalue weighted by molar-refractivity contribution is 7.47. The second kappa shape index (κ2) is 27.3. The molecule has 0 radical (unpaired) electrons. The molecule has 41 heavy (non-hydrogen) atoms. The number of aliphatic hydroxyl groups excluding tert-OH is 2. The van der Waals surface area contributed by atoms with Crippen LogP contribution in [0.15, 0.2) is 24.3 Å². The first-order chi connectivity index (χ1) is 19.7. The Morgan fingerprint density at radius 2 is 1.32 bits per heavy atom. The number of hydrogen-bond donors (Lipinski definition) is 3. The van der Waals surface area contributed by atoms with Gasteiger partial charge in [0.05, 0.1) is 19.8 Å². The number of esters is 2. The van der Waals surface area contributed by atoms with E-state index in [2.05, 4.69) is 35.8 Å². The zero-order valence-electron chi connectivity index (χ0n) is 25.3. The molecule has 0 aliphatic heterocycles. The summed E-state index contributed by atoms with van der Waals surface area (Å²) in [5, 5.41) is 18.0. The average molecular weight is 607 g/mol. The first-order valence-corrected chi connectivity index (χ1v) is 16.7. The monoisotopic (exact) mass is 606 g/mol. The van der Waals surface area contributed by atoms with Crippen molar-refractivity contribution in [2.45, 2.75) is 129 Å². The number of carbonyl (C=O) groups excluding carboxylic acids is 2. The fourth-order valence-corrected chi connectivity index (χ4v) is 4.60. The maximum Gasteiger partial charge on any atom is 0.472 e. The molecule has 240 valence electrons. The summed E-state index contributed by atoms with van der Waals surface area (Å²) < 4.78 is 31.3. The second-order valence-corrected chi connectivity index (χ2v) is 11.7. The number of phosphoric ester groups is 1. The van der Waals surface area contributed by atoms with Crippen molar-refractivity contribution in [2.75, 3.05) is 26.4 Å². The van der Waals surface area contributed by atoms with Gasteiger partial charge in [-0.2, -0.15) is 0 Å². The summed E-state index contributed by atoms with van der Waals surface area (Å²) in [7, 11) is -4.57. The number of unbranched alkanes of at least 4 members (excludes halogenated alkanes) is 12. The number of hydrogen-bond acceptors (Lipinski definition) is 9. The molecule has 0 aromatic rings. The van der Waals surface area contributed by atoms with Crippen LogP contribution in [0.5, 0.6) is 0 Å². The van der Waals surface area contributed by atoms with E-state index in [9.17, 15) is 24.2 Å². The minimum absolute atomic E-state index is 0.175. The molecule has 3 N–H and O–H groups in total. The third kappa shape index (κ3) is 28.3. The zero-order chi connectivity index (χ0) is 30.6. The summed E-state index contributed by atoms with van der Waals surface area (Å²) in [6, 6.07) is 0. The predicted molar refractivity (Wildman–Crippen MR) is 159 cm³/mol. The highest BCUT2D eigenvalue weighted by Gasteiger charge is 2.26. The van der Waals surface area contributed by atoms with Gasteiger partial charge in [0.1, 0.15) is 12.7 Å². The number of ether oxygens (including phenoxy) is 2. The third-order valence-corrected chi connectivity index (χ3v) is 7.12. The van der Waals surface area contributed by atoms with Gasteiger partial charge in [-0.05, 0) is 38.5 Å². The van der Waals surface area contributed by atoms with Gasteiger partial charge < -0.3 is 24.6 Å². The molecule has 0 rings (SSSR count). The fourth-order valence-electron chi connectivity index (χ4n) is 3.81. The topological polar surface area (TPSA) is 149 Å². The largest absolute Gasteiger partial charge is 0.472 e. The van der Waals surface area contributed by atoms with Crippen molar-refractivity contribution in [1.29, 1.82) is 0 Å². The Bertz CT molecular complexity index is 756. The van der Waals surface area contributed by atoms with Crippen LogP contribution < -0.4 is 0 Å². The number of carbonyl (C=O) groups is 2. The summed E-state index contributed by atoms with van der Waals surface area (Å²) >= 11 is 0. The van der Waals surface area contributed by atoms with E-state index < -0.39 is 51.8 Å². The first-order valence-electron chi connectivity index (χ1n) is 15.2. The van der Waals surface area contributed by atoms with Crippen molar-refractivity contribution in [1.82, 2.24) is 0 Å². The van der Waals surface area contributed by atoms with E-state index in [1.54, 1.807) is 0 Å². The minimum Gasteiger partial charge on any atom is -0.462 e. The highest BCUT2D eigenvalue weighted by atomic mass is 31.2. The lowest BCUT2D eigenvalue weighted by atomic mass is 10.1. The van der Waals surface area contributed by atoms with Gasteiger partial charge in [-0.15, -0.1) is 0 Å². The molecule has 0 bridgehead atoms. The smallest absolute Gasteiger partial charge is 0.462 e. The second-order valence-electron chi connectivity index (χ2n) is 10.2. The highest BCUT2D eigenvalue weighted by Crippen LogP contribution is 2.43. The Morgan fingerprint density at radius 3 is 1.88 bits per heavy atom. The minimum atomic E-state index is -4.57. The number of rotatable bonds is 28. The van der Waals surface area contributed by atoms with Crippen LogP contribution in [-0.4, -0.2) is 65.7 Å². The molecule has 0 aliphatic rings. The Kier molecular flexibility index (Phi) is 26.3. The summed E-state index contributed by atoms with van der Waals surface area (Å²) in [5.41, 5.74) is 0. The lowest BCUT2D eigenvalue weighted by Gasteiger charge is -2.20. The van der Waals surface area contributed by atoms with Crippen LogP contribution in [0.3, 0.4) is 0 Å². The third-order valence-electron chi connectivity index (χ3n) is 6.17. The molecule has 3 atom stereocenters. The van der Waals surface area contributed by atoms with Crippen LogP contribution in [-0.2, 0) is 32.7 Å². The van der Waals surface area contributed by atoms with Crippen LogP contribution in [0, 0.1) is 0 Å². The molecular formula is C30H55O10P. The van der Waals surface area contributed by atoms with Gasteiger partial charge >= 0.3 is 19.8 Å². The van der Waals surface area contributed by atoms with Gasteiger partial charge in [-0.1, -0.05) is 89.0 Å². The maximum atomic E-state index is 12.2. The van der Waals surface area contributed by atoms with E-state index in [-0.39, 0.29) is 13.0 Å². The Hall–Kier alpha value is -1.55. The normalized spacial score (nSPS) is 14.8. The van der Waals surface area contributed by atoms with Crippen LogP contribution in [0.1, 0.15) is 117 Å². The molecule has 0 saturated heterocycles. The van der Waals surface area contributed by atoms with E-state index in [1.807, 2.05) is 0 Å². The summed E-state index contributed by atoms with van der Waals surface area (Å²) in [6.45, 7) is 1.26. The Balaban J connectivity index is 3.90. The molecule has 0 spiro atoms. The molecule has 0 aromatic carbocycles. The first kappa shape index (κ1) is 39.5. The molecule has 0 saturated carbocycles. The maximum absolute atomic E-state index is 12.2. The van der Waals surface area contributed by atoms with Crippen LogP contribution in [0.4, 0.5) is 0 Å². The predicted octanol–water partition coefficient (Wildman–Crippen LogP) is 6.32. The number of allylic oxidation sites excluding steroid dienone is 4. The van der Waals surface area contributed by atoms with E-state index in [4.69, 9.17) is 19.1 Å². The Labute approximate surface area is 247 Å². The van der Waals surface area contributed by atoms with Crippen molar-refractivity contribution < 1.29 is 47.8 Å². The zero-order valence-corrected chi connectivity index (χ0v) is 26.1. The van der Waals surface area contributed by atoms with E-state index in [0.29, 0.717) is 6.42 Å². The SMILES string of the molecule is CCCCC/C=C\C/C=C\CCCCCCCCCCCC(=O)OC(COC(C)=O)COP(=O)(O)OCC(O)CO. The van der Waals surface area contributed by atoms with Crippen molar-refractivity contribution in [3.05, 3.63) is 24.3 Å². The van der Waals surface area contributed by atoms with Gasteiger partial charge in [0.25, 0.3) is 0 Å². The fraction of sp³-hybridized carbons (Fsp3) is 0.800. The van der Waals surface area contributed by atoms with Gasteiger partial charge in [-0.3, -0.25) is 18.6 Å². The summed E-state index contributed by atoms with van der Waals surface area (Å²) in [5.74, 6) is -1.12. The lowest BCUT2D eigenvalue weighted by Crippen LogP contribution is -2.29. The van der Waals surface area contributed by atoms with Crippen LogP contribution in [0.25, 0.3) is 0 Å². The quantitative estimate of drug-likeness (QED) is 0.0400. The standard InChI is InChI=1S/C30H55O10P/c1-3-4-5-6-7-8-9-10-11-12-13-14-15-16-17-18-19-20-21-22-30(34)40-29(25-37-27(2)32)26-39-41(35,36)38-24-28(33)23-31/h7-8,10-11,28-29,31,33H,3-6,9,12-26H2,1-2H3,(H,35,36)/b8-7-,11-10-. The van der Waals surface area contributed by atoms with Crippen molar-refractivity contribution >= 4 is 19.8 Å². The molecule has 0 aliphatic carbocycles. The Morgan fingerprint density at radius 1 is 0.780 bits per heavy atom. The van der Waals surface area contributed by atoms with Crippen molar-refractivity contribution in [3.63, 3.8) is 0 Å². The van der Waals surface area contributed by atoms with Crippen molar-refractivity contribution in [2.24, 2.45) is 0 Å². The van der Waals surface area contributed by atoms with Crippen LogP contribution in [0.2, 0.25) is 0 Å². The van der Waals surface area contributed by atoms with E-state index in [0.717, 1.165) is 32.1 Å². The van der Waals surface area contributed by atoms with Gasteiger partial charge in [0.2, 0.25) is 0 Å². The molecular weight excluding hydrogens is 551 g/mol. The molecule has 11 heteroatoms. The van der Waals surface area contributed by atoms with Gasteiger partial charge in [0.15, 0.2) is 6.10 Å². The lowest BCUT2D eigenvalue weighted by molar-refractivity contribution is -0.160. The van der Waals surface area contributed by atoms with E-state index in [1.165, 1.54) is 64.7 Å². The molecule has 0 fully saturated rings. The van der Waals surface area contributed by atoms with Gasteiger partial charge in [0, 0.05) is 13.3 Å². The summed E-state index contributed by atoms with van der Waals surface area (Å²) in [6.07, 6.45) is 24.0. The average Bonchev–Trinajstić information content (AvgIpc) is 2.94. The van der Waals surface area contributed by atoms with Crippen LogP contribution >= 0.6 is 7.82 Å². The van der Waals surface area contributed by atoms with Crippen molar-refractivity contribution in [3.8, 4) is 0 Å². The molecule has 0 aromatic heterocycles. The van der Waals surface area contributed by atoms with E-state index >= 15 is 0 Å². The molecule has 0 heterocycles. The number of aliphatic hydroxyl groups is 2. The number of phosphoric acid groups is 1.